The summed E-state index contributed by atoms with van der Waals surface area (Å²) in [5.74, 6) is 0. The maximum absolute atomic E-state index is 5.95. The Hall–Kier alpha value is -0.800. The molecule has 2 aromatic rings. The predicted octanol–water partition coefficient (Wildman–Crippen LogP) is 4.55. The first-order valence-corrected chi connectivity index (χ1v) is 6.54. The van der Waals surface area contributed by atoms with Gasteiger partial charge < -0.3 is 5.32 Å². The Labute approximate surface area is 105 Å². The quantitative estimate of drug-likeness (QED) is 0.869. The highest BCUT2D eigenvalue weighted by Crippen LogP contribution is 2.30. The fourth-order valence-electron chi connectivity index (χ4n) is 1.33. The molecule has 2 nitrogen and oxygen atoms in total. The van der Waals surface area contributed by atoms with Crippen LogP contribution in [0.25, 0.3) is 10.2 Å². The van der Waals surface area contributed by atoms with Gasteiger partial charge in [-0.1, -0.05) is 29.9 Å². The van der Waals surface area contributed by atoms with E-state index in [1.54, 1.807) is 11.3 Å². The molecule has 0 aliphatic rings. The molecule has 1 N–H and O–H groups in total. The number of hydrogen-bond acceptors (Lipinski definition) is 3. The van der Waals surface area contributed by atoms with Crippen LogP contribution in [0, 0.1) is 0 Å². The van der Waals surface area contributed by atoms with Crippen LogP contribution in [0.3, 0.4) is 0 Å². The van der Waals surface area contributed by atoms with Crippen LogP contribution in [0.15, 0.2) is 18.2 Å². The second-order valence-electron chi connectivity index (χ2n) is 4.49. The molecule has 0 atom stereocenters. The zero-order chi connectivity index (χ0) is 11.8. The smallest absolute Gasteiger partial charge is 0.184 e. The molecule has 0 saturated carbocycles. The summed E-state index contributed by atoms with van der Waals surface area (Å²) in [4.78, 5) is 4.54. The van der Waals surface area contributed by atoms with Crippen molar-refractivity contribution in [2.75, 3.05) is 5.32 Å². The monoisotopic (exact) mass is 254 g/mol. The predicted molar refractivity (Wildman–Crippen MR) is 72.6 cm³/mol. The molecule has 0 fully saturated rings. The Bertz CT molecular complexity index is 505. The molecule has 1 aromatic carbocycles. The van der Waals surface area contributed by atoms with Crippen LogP contribution in [0.4, 0.5) is 5.13 Å². The van der Waals surface area contributed by atoms with E-state index in [0.29, 0.717) is 0 Å². The van der Waals surface area contributed by atoms with E-state index in [-0.39, 0.29) is 5.54 Å². The molecule has 1 aromatic heterocycles. The Morgan fingerprint density at radius 2 is 2.19 bits per heavy atom. The van der Waals surface area contributed by atoms with Gasteiger partial charge in [0.25, 0.3) is 0 Å². The highest BCUT2D eigenvalue weighted by Gasteiger charge is 2.16. The minimum absolute atomic E-state index is 0.0810. The average molecular weight is 255 g/mol. The van der Waals surface area contributed by atoms with Gasteiger partial charge in [0.2, 0.25) is 0 Å². The van der Waals surface area contributed by atoms with E-state index in [1.807, 2.05) is 18.2 Å². The third-order valence-electron chi connectivity index (χ3n) is 2.68. The van der Waals surface area contributed by atoms with E-state index >= 15 is 0 Å². The third-order valence-corrected chi connectivity index (χ3v) is 3.85. The molecule has 0 bridgehead atoms. The van der Waals surface area contributed by atoms with Gasteiger partial charge in [0.05, 0.1) is 10.2 Å². The molecule has 0 saturated heterocycles. The lowest BCUT2D eigenvalue weighted by Gasteiger charge is -2.23. The first kappa shape index (κ1) is 11.7. The van der Waals surface area contributed by atoms with E-state index in [2.05, 4.69) is 31.1 Å². The van der Waals surface area contributed by atoms with Crippen LogP contribution in [0.2, 0.25) is 5.02 Å². The molecule has 0 unspecified atom stereocenters. The topological polar surface area (TPSA) is 24.9 Å². The molecule has 0 amide bonds. The molecule has 1 heterocycles. The normalized spacial score (nSPS) is 12.0. The molecule has 0 radical (unpaired) electrons. The zero-order valence-electron chi connectivity index (χ0n) is 9.67. The van der Waals surface area contributed by atoms with E-state index in [4.69, 9.17) is 11.6 Å². The second kappa shape index (κ2) is 4.22. The van der Waals surface area contributed by atoms with Crippen LogP contribution in [-0.2, 0) is 0 Å². The zero-order valence-corrected chi connectivity index (χ0v) is 11.2. The molecule has 0 spiro atoms. The maximum atomic E-state index is 5.95. The van der Waals surface area contributed by atoms with Crippen molar-refractivity contribution in [3.8, 4) is 0 Å². The van der Waals surface area contributed by atoms with Gasteiger partial charge in [0, 0.05) is 10.6 Å². The van der Waals surface area contributed by atoms with Crippen molar-refractivity contribution in [2.45, 2.75) is 32.7 Å². The van der Waals surface area contributed by atoms with Crippen molar-refractivity contribution in [3.05, 3.63) is 23.2 Å². The van der Waals surface area contributed by atoms with Crippen molar-refractivity contribution in [1.82, 2.24) is 4.98 Å². The summed E-state index contributed by atoms with van der Waals surface area (Å²) in [6, 6.07) is 5.79. The average Bonchev–Trinajstić information content (AvgIpc) is 2.58. The lowest BCUT2D eigenvalue weighted by molar-refractivity contribution is 0.547. The number of nitrogens with zero attached hydrogens (tertiary/aromatic N) is 1. The highest BCUT2D eigenvalue weighted by molar-refractivity contribution is 7.22. The van der Waals surface area contributed by atoms with Crippen molar-refractivity contribution >= 4 is 38.3 Å². The minimum Gasteiger partial charge on any atom is -0.357 e. The van der Waals surface area contributed by atoms with Gasteiger partial charge in [0.15, 0.2) is 5.13 Å². The summed E-state index contributed by atoms with van der Waals surface area (Å²) in [6.07, 6.45) is 1.06. The van der Waals surface area contributed by atoms with Gasteiger partial charge in [-0.05, 0) is 38.5 Å². The van der Waals surface area contributed by atoms with Crippen molar-refractivity contribution in [2.24, 2.45) is 0 Å². The Kier molecular flexibility index (Phi) is 3.08. The molecular formula is C12H15ClN2S. The number of fused-ring (bicyclic) bond motifs is 1. The Morgan fingerprint density at radius 1 is 1.44 bits per heavy atom. The first-order valence-electron chi connectivity index (χ1n) is 5.34. The molecular weight excluding hydrogens is 240 g/mol. The van der Waals surface area contributed by atoms with Gasteiger partial charge >= 0.3 is 0 Å². The Morgan fingerprint density at radius 3 is 2.88 bits per heavy atom. The number of thiazole rings is 1. The second-order valence-corrected chi connectivity index (χ2v) is 5.96. The lowest BCUT2D eigenvalue weighted by Crippen LogP contribution is -2.29. The maximum Gasteiger partial charge on any atom is 0.184 e. The fraction of sp³-hybridized carbons (Fsp3) is 0.417. The van der Waals surface area contributed by atoms with Gasteiger partial charge in [0.1, 0.15) is 0 Å². The molecule has 16 heavy (non-hydrogen) atoms. The van der Waals surface area contributed by atoms with Gasteiger partial charge in [-0.3, -0.25) is 0 Å². The largest absolute Gasteiger partial charge is 0.357 e. The summed E-state index contributed by atoms with van der Waals surface area (Å²) in [5, 5.41) is 5.16. The van der Waals surface area contributed by atoms with Gasteiger partial charge in [-0.15, -0.1) is 0 Å². The van der Waals surface area contributed by atoms with Crippen molar-refractivity contribution in [3.63, 3.8) is 0 Å². The van der Waals surface area contributed by atoms with Crippen molar-refractivity contribution in [1.29, 1.82) is 0 Å². The summed E-state index contributed by atoms with van der Waals surface area (Å²) in [5.41, 5.74) is 1.08. The van der Waals surface area contributed by atoms with Gasteiger partial charge in [-0.2, -0.15) is 0 Å². The van der Waals surface area contributed by atoms with Crippen LogP contribution in [0.5, 0.6) is 0 Å². The summed E-state index contributed by atoms with van der Waals surface area (Å²) in [6.45, 7) is 6.51. The van der Waals surface area contributed by atoms with Crippen LogP contribution in [0.1, 0.15) is 27.2 Å². The van der Waals surface area contributed by atoms with Crippen LogP contribution < -0.4 is 5.32 Å². The number of rotatable bonds is 3. The van der Waals surface area contributed by atoms with E-state index in [9.17, 15) is 0 Å². The van der Waals surface area contributed by atoms with E-state index < -0.39 is 0 Å². The van der Waals surface area contributed by atoms with E-state index in [0.717, 1.165) is 26.8 Å². The SMILES string of the molecule is CCC(C)(C)Nc1nc2ccc(Cl)cc2s1. The number of anilines is 1. The molecule has 0 aliphatic carbocycles. The first-order chi connectivity index (χ1) is 7.50. The van der Waals surface area contributed by atoms with Gasteiger partial charge in [-0.25, -0.2) is 4.98 Å². The number of hydrogen-bond donors (Lipinski definition) is 1. The number of aromatic nitrogens is 1. The molecule has 86 valence electrons. The molecule has 4 heteroatoms. The number of nitrogens with one attached hydrogen (secondary N) is 1. The standard InChI is InChI=1S/C12H15ClN2S/c1-4-12(2,3)15-11-14-9-6-5-8(13)7-10(9)16-11/h5-7H,4H2,1-3H3,(H,14,15). The lowest BCUT2D eigenvalue weighted by atomic mass is 10.0. The number of benzene rings is 1. The summed E-state index contributed by atoms with van der Waals surface area (Å²) >= 11 is 7.59. The Balaban J connectivity index is 2.33. The van der Waals surface area contributed by atoms with Crippen LogP contribution >= 0.6 is 22.9 Å². The molecule has 0 aliphatic heterocycles. The summed E-state index contributed by atoms with van der Waals surface area (Å²) < 4.78 is 1.13. The summed E-state index contributed by atoms with van der Waals surface area (Å²) in [7, 11) is 0. The number of halogens is 1. The third kappa shape index (κ3) is 2.47. The molecule has 2 rings (SSSR count). The highest BCUT2D eigenvalue weighted by atomic mass is 35.5. The van der Waals surface area contributed by atoms with E-state index in [1.165, 1.54) is 0 Å². The van der Waals surface area contributed by atoms with Crippen LogP contribution in [-0.4, -0.2) is 10.5 Å². The minimum atomic E-state index is 0.0810. The van der Waals surface area contributed by atoms with Crippen molar-refractivity contribution < 1.29 is 0 Å². The fourth-order valence-corrected chi connectivity index (χ4v) is 2.65.